The third-order valence-corrected chi connectivity index (χ3v) is 1.42. The number of hydrogen-bond acceptors (Lipinski definition) is 1. The minimum absolute atomic E-state index is 1.09. The van der Waals surface area contributed by atoms with E-state index in [1.54, 1.807) is 6.20 Å². The molecular formula is C3H4N2Sn. The molecule has 0 unspecified atom stereocenters. The summed E-state index contributed by atoms with van der Waals surface area (Å²) < 4.78 is 1.10. The van der Waals surface area contributed by atoms with Crippen molar-refractivity contribution in [2.45, 2.75) is 0 Å². The Morgan fingerprint density at radius 1 is 1.83 bits per heavy atom. The molecule has 0 aliphatic carbocycles. The van der Waals surface area contributed by atoms with Crippen molar-refractivity contribution in [2.24, 2.45) is 0 Å². The topological polar surface area (TPSA) is 28.7 Å². The van der Waals surface area contributed by atoms with Crippen LogP contribution in [0.1, 0.15) is 0 Å². The second-order valence-corrected chi connectivity index (χ2v) is 2.54. The Morgan fingerprint density at radius 2 is 2.67 bits per heavy atom. The minimum atomic E-state index is 1.09. The van der Waals surface area contributed by atoms with Crippen molar-refractivity contribution < 1.29 is 0 Å². The molecule has 0 fully saturated rings. The van der Waals surface area contributed by atoms with E-state index in [2.05, 4.69) is 9.97 Å². The summed E-state index contributed by atoms with van der Waals surface area (Å²) in [6.07, 6.45) is 3.60. The average Bonchev–Trinajstić information content (AvgIpc) is 1.86. The molecule has 0 atom stereocenters. The zero-order chi connectivity index (χ0) is 4.41. The van der Waals surface area contributed by atoms with Gasteiger partial charge in [-0.25, -0.2) is 0 Å². The number of nitrogens with zero attached hydrogens (tertiary/aromatic N) is 1. The summed E-state index contributed by atoms with van der Waals surface area (Å²) >= 11 is 1.09. The van der Waals surface area contributed by atoms with E-state index in [9.17, 15) is 0 Å². The van der Waals surface area contributed by atoms with Gasteiger partial charge in [0, 0.05) is 0 Å². The van der Waals surface area contributed by atoms with E-state index in [-0.39, 0.29) is 0 Å². The van der Waals surface area contributed by atoms with Gasteiger partial charge in [-0.1, -0.05) is 0 Å². The summed E-state index contributed by atoms with van der Waals surface area (Å²) in [5, 5.41) is 0. The molecule has 0 saturated heterocycles. The van der Waals surface area contributed by atoms with Gasteiger partial charge < -0.3 is 0 Å². The molecule has 1 aromatic heterocycles. The number of H-pyrrole nitrogens is 1. The molecule has 3 heteroatoms. The second kappa shape index (κ2) is 1.64. The first-order valence-electron chi connectivity index (χ1n) is 1.64. The normalized spacial score (nSPS) is 8.83. The second-order valence-electron chi connectivity index (χ2n) is 0.974. The molecule has 0 aromatic carbocycles. The Bertz CT molecular complexity index is 112. The number of aromatic amines is 1. The third kappa shape index (κ3) is 0.739. The number of hydrogen-bond donors (Lipinski definition) is 1. The van der Waals surface area contributed by atoms with Crippen LogP contribution in [0.2, 0.25) is 0 Å². The van der Waals surface area contributed by atoms with E-state index >= 15 is 0 Å². The van der Waals surface area contributed by atoms with Gasteiger partial charge in [0.1, 0.15) is 0 Å². The number of rotatable bonds is 0. The van der Waals surface area contributed by atoms with E-state index in [1.165, 1.54) is 0 Å². The van der Waals surface area contributed by atoms with E-state index in [1.807, 2.05) is 6.20 Å². The molecule has 1 heterocycles. The monoisotopic (exact) mass is 188 g/mol. The average molecular weight is 187 g/mol. The molecule has 6 heavy (non-hydrogen) atoms. The molecule has 0 aliphatic heterocycles. The summed E-state index contributed by atoms with van der Waals surface area (Å²) in [5.41, 5.74) is 0. The zero-order valence-corrected chi connectivity index (χ0v) is 6.47. The van der Waals surface area contributed by atoms with Gasteiger partial charge in [0.05, 0.1) is 0 Å². The zero-order valence-electron chi connectivity index (χ0n) is 3.18. The molecule has 1 rings (SSSR count). The number of aromatic nitrogens is 2. The van der Waals surface area contributed by atoms with Crippen LogP contribution >= 0.6 is 0 Å². The first kappa shape index (κ1) is 4.18. The van der Waals surface area contributed by atoms with Gasteiger partial charge >= 0.3 is 48.7 Å². The van der Waals surface area contributed by atoms with Crippen LogP contribution in [0.5, 0.6) is 0 Å². The molecule has 2 radical (unpaired) electrons. The summed E-state index contributed by atoms with van der Waals surface area (Å²) in [5.74, 6) is 0. The Labute approximate surface area is 49.1 Å². The molecule has 2 nitrogen and oxygen atoms in total. The molecule has 1 N–H and O–H groups in total. The molecule has 1 aromatic rings. The van der Waals surface area contributed by atoms with Crippen molar-refractivity contribution >= 4 is 26.4 Å². The first-order chi connectivity index (χ1) is 2.89. The standard InChI is InChI=1S/C3H3N2.Sn.H/c1-2-5-3-4-1;;/h1-2H,(H,4,5);;. The predicted octanol–water partition coefficient (Wildman–Crippen LogP) is -1.06. The van der Waals surface area contributed by atoms with Crippen molar-refractivity contribution in [3.8, 4) is 0 Å². The van der Waals surface area contributed by atoms with Gasteiger partial charge in [-0.05, 0) is 0 Å². The Kier molecular flexibility index (Phi) is 1.14. The molecule has 0 bridgehead atoms. The fourth-order valence-corrected chi connectivity index (χ4v) is 0.798. The van der Waals surface area contributed by atoms with Crippen LogP contribution in [-0.4, -0.2) is 32.5 Å². The van der Waals surface area contributed by atoms with Crippen LogP contribution in [0.4, 0.5) is 0 Å². The predicted molar refractivity (Wildman–Crippen MR) is 25.4 cm³/mol. The van der Waals surface area contributed by atoms with Gasteiger partial charge in [0.2, 0.25) is 0 Å². The van der Waals surface area contributed by atoms with E-state index in [0.717, 1.165) is 26.4 Å². The van der Waals surface area contributed by atoms with Gasteiger partial charge in [0.25, 0.3) is 0 Å². The maximum absolute atomic E-state index is 3.92. The summed E-state index contributed by atoms with van der Waals surface area (Å²) in [4.78, 5) is 6.87. The Balaban J connectivity index is 3.05. The fraction of sp³-hybridized carbons (Fsp3) is 0. The molecule has 0 aliphatic rings. The van der Waals surface area contributed by atoms with Gasteiger partial charge in [-0.2, -0.15) is 0 Å². The van der Waals surface area contributed by atoms with Crippen molar-refractivity contribution in [3.63, 3.8) is 0 Å². The van der Waals surface area contributed by atoms with Crippen molar-refractivity contribution in [1.29, 1.82) is 0 Å². The van der Waals surface area contributed by atoms with Crippen LogP contribution in [0.3, 0.4) is 0 Å². The quantitative estimate of drug-likeness (QED) is 0.515. The van der Waals surface area contributed by atoms with Crippen LogP contribution in [0.15, 0.2) is 12.4 Å². The maximum atomic E-state index is 3.92. The Morgan fingerprint density at radius 3 is 2.83 bits per heavy atom. The number of nitrogens with one attached hydrogen (secondary N) is 1. The number of imidazole rings is 1. The molecule has 0 saturated carbocycles. The summed E-state index contributed by atoms with van der Waals surface area (Å²) in [6.45, 7) is 0. The first-order valence-corrected chi connectivity index (χ1v) is 3.29. The summed E-state index contributed by atoms with van der Waals surface area (Å²) in [7, 11) is 0. The van der Waals surface area contributed by atoms with E-state index < -0.39 is 0 Å². The van der Waals surface area contributed by atoms with E-state index in [4.69, 9.17) is 0 Å². The van der Waals surface area contributed by atoms with Crippen LogP contribution < -0.4 is 3.84 Å². The molecule has 30 valence electrons. The van der Waals surface area contributed by atoms with Gasteiger partial charge in [-0.3, -0.25) is 0 Å². The Hall–Kier alpha value is 0.00870. The van der Waals surface area contributed by atoms with Gasteiger partial charge in [-0.15, -0.1) is 0 Å². The van der Waals surface area contributed by atoms with Crippen LogP contribution in [0, 0.1) is 0 Å². The molecule has 0 amide bonds. The van der Waals surface area contributed by atoms with Crippen LogP contribution in [0.25, 0.3) is 0 Å². The fourth-order valence-electron chi connectivity index (χ4n) is 0.277. The van der Waals surface area contributed by atoms with E-state index in [0.29, 0.717) is 0 Å². The molecule has 0 spiro atoms. The van der Waals surface area contributed by atoms with Crippen molar-refractivity contribution in [2.75, 3.05) is 0 Å². The van der Waals surface area contributed by atoms with Crippen molar-refractivity contribution in [1.82, 2.24) is 9.97 Å². The summed E-state index contributed by atoms with van der Waals surface area (Å²) in [6, 6.07) is 0. The SMILES string of the molecule is [SnH][c]1ncc[nH]1. The third-order valence-electron chi connectivity index (χ3n) is 0.519. The van der Waals surface area contributed by atoms with Crippen LogP contribution in [-0.2, 0) is 0 Å². The van der Waals surface area contributed by atoms with Gasteiger partial charge in [0.15, 0.2) is 0 Å². The van der Waals surface area contributed by atoms with Crippen molar-refractivity contribution in [3.05, 3.63) is 12.4 Å². The molecular weight excluding hydrogens is 183 g/mol.